The van der Waals surface area contributed by atoms with Gasteiger partial charge in [-0.25, -0.2) is 0 Å². The number of amides is 1. The zero-order valence-corrected chi connectivity index (χ0v) is 10.8. The average Bonchev–Trinajstić information content (AvgIpc) is 2.95. The van der Waals surface area contributed by atoms with Crippen LogP contribution in [0.1, 0.15) is 18.5 Å². The summed E-state index contributed by atoms with van der Waals surface area (Å²) in [7, 11) is 0. The van der Waals surface area contributed by atoms with Crippen molar-refractivity contribution in [2.45, 2.75) is 25.4 Å². The maximum atomic E-state index is 12.2. The number of nitrogens with zero attached hydrogens (tertiary/aromatic N) is 2. The summed E-state index contributed by atoms with van der Waals surface area (Å²) in [5.41, 5.74) is 6.92. The number of aromatic nitrogens is 1. The Morgan fingerprint density at radius 3 is 2.95 bits per heavy atom. The predicted octanol–water partition coefficient (Wildman–Crippen LogP) is 0.436. The molecule has 1 amide bonds. The molecule has 0 bridgehead atoms. The summed E-state index contributed by atoms with van der Waals surface area (Å²) >= 11 is 0. The number of hydrogen-bond acceptors (Lipinski definition) is 4. The Bertz CT molecular complexity index is 474. The van der Waals surface area contributed by atoms with Crippen molar-refractivity contribution in [2.75, 3.05) is 18.8 Å². The molecule has 0 radical (unpaired) electrons. The van der Waals surface area contributed by atoms with Crippen LogP contribution in [0, 0.1) is 11.8 Å². The zero-order chi connectivity index (χ0) is 13.4. The molecule has 1 aromatic rings. The molecule has 3 rings (SSSR count). The Balaban J connectivity index is 1.61. The first kappa shape index (κ1) is 12.4. The zero-order valence-electron chi connectivity index (χ0n) is 10.8. The van der Waals surface area contributed by atoms with Crippen LogP contribution in [0.5, 0.6) is 0 Å². The number of carbonyl (C=O) groups is 1. The number of likely N-dealkylation sites (tertiary alicyclic amines) is 1. The van der Waals surface area contributed by atoms with Crippen LogP contribution in [-0.4, -0.2) is 40.1 Å². The molecule has 0 spiro atoms. The van der Waals surface area contributed by atoms with Crippen molar-refractivity contribution in [3.63, 3.8) is 0 Å². The average molecular weight is 261 g/mol. The second-order valence-corrected chi connectivity index (χ2v) is 5.63. The van der Waals surface area contributed by atoms with Gasteiger partial charge in [-0.3, -0.25) is 9.78 Å². The molecule has 5 nitrogen and oxygen atoms in total. The van der Waals surface area contributed by atoms with Gasteiger partial charge in [0.2, 0.25) is 5.91 Å². The number of anilines is 1. The third kappa shape index (κ3) is 2.42. The van der Waals surface area contributed by atoms with Crippen LogP contribution in [0.2, 0.25) is 0 Å². The van der Waals surface area contributed by atoms with E-state index in [0.717, 1.165) is 25.1 Å². The van der Waals surface area contributed by atoms with E-state index >= 15 is 0 Å². The molecule has 1 aliphatic heterocycles. The quantitative estimate of drug-likeness (QED) is 0.809. The maximum absolute atomic E-state index is 12.2. The Hall–Kier alpha value is -1.62. The minimum atomic E-state index is -0.225. The Kier molecular flexibility index (Phi) is 3.14. The van der Waals surface area contributed by atoms with Gasteiger partial charge in [0.1, 0.15) is 0 Å². The van der Waals surface area contributed by atoms with E-state index in [-0.39, 0.29) is 17.9 Å². The summed E-state index contributed by atoms with van der Waals surface area (Å²) in [4.78, 5) is 18.2. The van der Waals surface area contributed by atoms with E-state index in [9.17, 15) is 9.90 Å². The number of nitrogen functional groups attached to an aromatic ring is 1. The standard InChI is InChI=1S/C14H19N3O2/c15-10-2-3-11(16-6-10)5-14(19)17-7-9-1-4-13(18)12(9)8-17/h2-3,6,9,12-13,18H,1,4-5,7-8,15H2. The van der Waals surface area contributed by atoms with Crippen molar-refractivity contribution in [3.05, 3.63) is 24.0 Å². The van der Waals surface area contributed by atoms with Crippen LogP contribution in [0.4, 0.5) is 5.69 Å². The summed E-state index contributed by atoms with van der Waals surface area (Å²) in [6.07, 6.45) is 3.59. The van der Waals surface area contributed by atoms with Gasteiger partial charge in [-0.05, 0) is 30.9 Å². The number of aliphatic hydroxyl groups excluding tert-OH is 1. The van der Waals surface area contributed by atoms with Crippen LogP contribution in [0.15, 0.2) is 18.3 Å². The van der Waals surface area contributed by atoms with E-state index in [2.05, 4.69) is 4.98 Å². The fourth-order valence-electron chi connectivity index (χ4n) is 3.25. The monoisotopic (exact) mass is 261 g/mol. The van der Waals surface area contributed by atoms with Gasteiger partial charge in [0.15, 0.2) is 0 Å². The summed E-state index contributed by atoms with van der Waals surface area (Å²) in [5.74, 6) is 0.862. The largest absolute Gasteiger partial charge is 0.397 e. The van der Waals surface area contributed by atoms with Gasteiger partial charge in [-0.2, -0.15) is 0 Å². The first-order valence-electron chi connectivity index (χ1n) is 6.79. The molecule has 2 heterocycles. The molecule has 2 fully saturated rings. The smallest absolute Gasteiger partial charge is 0.228 e. The molecule has 3 N–H and O–H groups in total. The van der Waals surface area contributed by atoms with Gasteiger partial charge in [0.25, 0.3) is 0 Å². The van der Waals surface area contributed by atoms with Crippen molar-refractivity contribution in [3.8, 4) is 0 Å². The molecule has 1 aromatic heterocycles. The molecule has 19 heavy (non-hydrogen) atoms. The molecule has 102 valence electrons. The lowest BCUT2D eigenvalue weighted by Gasteiger charge is -2.18. The van der Waals surface area contributed by atoms with E-state index in [4.69, 9.17) is 5.73 Å². The first-order valence-corrected chi connectivity index (χ1v) is 6.79. The normalized spacial score (nSPS) is 29.5. The highest BCUT2D eigenvalue weighted by molar-refractivity contribution is 5.78. The molecule has 1 aliphatic carbocycles. The number of fused-ring (bicyclic) bond motifs is 1. The van der Waals surface area contributed by atoms with Crippen LogP contribution < -0.4 is 5.73 Å². The van der Waals surface area contributed by atoms with E-state index in [1.807, 2.05) is 4.90 Å². The van der Waals surface area contributed by atoms with Crippen molar-refractivity contribution in [1.82, 2.24) is 9.88 Å². The minimum Gasteiger partial charge on any atom is -0.397 e. The topological polar surface area (TPSA) is 79.5 Å². The summed E-state index contributed by atoms with van der Waals surface area (Å²) in [6.45, 7) is 1.48. The Labute approximate surface area is 112 Å². The molecule has 3 atom stereocenters. The number of aliphatic hydroxyl groups is 1. The highest BCUT2D eigenvalue weighted by atomic mass is 16.3. The molecule has 1 saturated carbocycles. The summed E-state index contributed by atoms with van der Waals surface area (Å²) in [6, 6.07) is 3.55. The van der Waals surface area contributed by atoms with Crippen LogP contribution in [-0.2, 0) is 11.2 Å². The highest BCUT2D eigenvalue weighted by Crippen LogP contribution is 2.38. The second-order valence-electron chi connectivity index (χ2n) is 5.63. The van der Waals surface area contributed by atoms with Crippen molar-refractivity contribution in [2.24, 2.45) is 11.8 Å². The van der Waals surface area contributed by atoms with Gasteiger partial charge in [-0.1, -0.05) is 0 Å². The fraction of sp³-hybridized carbons (Fsp3) is 0.571. The summed E-state index contributed by atoms with van der Waals surface area (Å²) in [5, 5.41) is 9.85. The molecule has 2 aliphatic rings. The van der Waals surface area contributed by atoms with Gasteiger partial charge in [0.05, 0.1) is 24.4 Å². The number of nitrogens with two attached hydrogens (primary N) is 1. The van der Waals surface area contributed by atoms with Gasteiger partial charge in [0, 0.05) is 24.7 Å². The van der Waals surface area contributed by atoms with E-state index < -0.39 is 0 Å². The molecule has 0 aromatic carbocycles. The van der Waals surface area contributed by atoms with Gasteiger partial charge >= 0.3 is 0 Å². The van der Waals surface area contributed by atoms with Gasteiger partial charge < -0.3 is 15.7 Å². The van der Waals surface area contributed by atoms with E-state index in [0.29, 0.717) is 24.6 Å². The lowest BCUT2D eigenvalue weighted by atomic mass is 10.00. The molecular weight excluding hydrogens is 242 g/mol. The highest BCUT2D eigenvalue weighted by Gasteiger charge is 2.43. The molecule has 3 unspecified atom stereocenters. The van der Waals surface area contributed by atoms with E-state index in [1.54, 1.807) is 18.3 Å². The number of hydrogen-bond donors (Lipinski definition) is 2. The van der Waals surface area contributed by atoms with Crippen molar-refractivity contribution < 1.29 is 9.90 Å². The first-order chi connectivity index (χ1) is 9.13. The molecular formula is C14H19N3O2. The van der Waals surface area contributed by atoms with Crippen molar-refractivity contribution >= 4 is 11.6 Å². The second kappa shape index (κ2) is 4.81. The van der Waals surface area contributed by atoms with E-state index in [1.165, 1.54) is 0 Å². The maximum Gasteiger partial charge on any atom is 0.228 e. The van der Waals surface area contributed by atoms with Crippen LogP contribution >= 0.6 is 0 Å². The Morgan fingerprint density at radius 1 is 1.42 bits per heavy atom. The fourth-order valence-corrected chi connectivity index (χ4v) is 3.25. The third-order valence-corrected chi connectivity index (χ3v) is 4.35. The summed E-state index contributed by atoms with van der Waals surface area (Å²) < 4.78 is 0. The predicted molar refractivity (Wildman–Crippen MR) is 71.2 cm³/mol. The molecule has 5 heteroatoms. The van der Waals surface area contributed by atoms with Crippen molar-refractivity contribution in [1.29, 1.82) is 0 Å². The number of rotatable bonds is 2. The lowest BCUT2D eigenvalue weighted by molar-refractivity contribution is -0.129. The van der Waals surface area contributed by atoms with Crippen LogP contribution in [0.25, 0.3) is 0 Å². The third-order valence-electron chi connectivity index (χ3n) is 4.35. The SMILES string of the molecule is Nc1ccc(CC(=O)N2CC3CCC(O)C3C2)nc1. The number of carbonyl (C=O) groups excluding carboxylic acids is 1. The lowest BCUT2D eigenvalue weighted by Crippen LogP contribution is -2.32. The molecule has 1 saturated heterocycles. The van der Waals surface area contributed by atoms with Gasteiger partial charge in [-0.15, -0.1) is 0 Å². The Morgan fingerprint density at radius 2 is 2.26 bits per heavy atom. The number of pyridine rings is 1. The minimum absolute atomic E-state index is 0.0962. The van der Waals surface area contributed by atoms with Crippen LogP contribution in [0.3, 0.4) is 0 Å².